The Hall–Kier alpha value is -2.56. The van der Waals surface area contributed by atoms with Crippen molar-refractivity contribution in [2.24, 2.45) is 0 Å². The van der Waals surface area contributed by atoms with Gasteiger partial charge in [0, 0.05) is 18.8 Å². The van der Waals surface area contributed by atoms with Gasteiger partial charge >= 0.3 is 0 Å². The molecule has 116 valence electrons. The number of rotatable bonds is 6. The quantitative estimate of drug-likeness (QED) is 0.890. The highest BCUT2D eigenvalue weighted by atomic mass is 16.5. The van der Waals surface area contributed by atoms with Gasteiger partial charge in [-0.2, -0.15) is 0 Å². The molecule has 5 nitrogen and oxygen atoms in total. The predicted octanol–water partition coefficient (Wildman–Crippen LogP) is 2.40. The highest BCUT2D eigenvalue weighted by Crippen LogP contribution is 2.18. The zero-order chi connectivity index (χ0) is 15.9. The number of aromatic nitrogens is 1. The fraction of sp³-hybridized carbons (Fsp3) is 0.294. The number of carbonyl (C=O) groups excluding carboxylic acids is 1. The van der Waals surface area contributed by atoms with E-state index in [1.807, 2.05) is 38.1 Å². The molecule has 0 aliphatic heterocycles. The van der Waals surface area contributed by atoms with E-state index in [1.54, 1.807) is 19.4 Å². The first-order valence-electron chi connectivity index (χ1n) is 7.04. The summed E-state index contributed by atoms with van der Waals surface area (Å²) in [5, 5.41) is 2.80. The molecule has 0 bridgehead atoms. The van der Waals surface area contributed by atoms with Gasteiger partial charge in [0.1, 0.15) is 5.75 Å². The summed E-state index contributed by atoms with van der Waals surface area (Å²) in [5.74, 6) is 1.12. The predicted molar refractivity (Wildman–Crippen MR) is 84.0 cm³/mol. The minimum Gasteiger partial charge on any atom is -0.483 e. The average Bonchev–Trinajstić information content (AvgIpc) is 2.54. The van der Waals surface area contributed by atoms with Crippen molar-refractivity contribution in [3.63, 3.8) is 0 Å². The number of benzene rings is 1. The summed E-state index contributed by atoms with van der Waals surface area (Å²) in [7, 11) is 1.56. The van der Waals surface area contributed by atoms with Crippen LogP contribution in [0.2, 0.25) is 0 Å². The molecule has 0 saturated carbocycles. The van der Waals surface area contributed by atoms with E-state index in [9.17, 15) is 4.79 Å². The van der Waals surface area contributed by atoms with Crippen LogP contribution in [-0.2, 0) is 11.3 Å². The van der Waals surface area contributed by atoms with Gasteiger partial charge in [0.15, 0.2) is 6.61 Å². The third-order valence-electron chi connectivity index (χ3n) is 3.20. The van der Waals surface area contributed by atoms with E-state index in [0.29, 0.717) is 12.4 Å². The summed E-state index contributed by atoms with van der Waals surface area (Å²) in [6, 6.07) is 9.53. The molecule has 0 unspecified atom stereocenters. The number of carbonyl (C=O) groups is 1. The number of ether oxygens (including phenoxy) is 2. The first-order chi connectivity index (χ1) is 10.6. The van der Waals surface area contributed by atoms with E-state index < -0.39 is 0 Å². The van der Waals surface area contributed by atoms with Crippen LogP contribution < -0.4 is 14.8 Å². The second-order valence-electron chi connectivity index (χ2n) is 5.04. The van der Waals surface area contributed by atoms with Gasteiger partial charge in [-0.25, -0.2) is 4.98 Å². The number of hydrogen-bond acceptors (Lipinski definition) is 4. The summed E-state index contributed by atoms with van der Waals surface area (Å²) >= 11 is 0. The highest BCUT2D eigenvalue weighted by Gasteiger charge is 2.05. The number of amides is 1. The van der Waals surface area contributed by atoms with E-state index >= 15 is 0 Å². The third-order valence-corrected chi connectivity index (χ3v) is 3.20. The molecule has 0 atom stereocenters. The van der Waals surface area contributed by atoms with Crippen LogP contribution in [0.15, 0.2) is 36.5 Å². The van der Waals surface area contributed by atoms with Crippen LogP contribution in [-0.4, -0.2) is 24.6 Å². The highest BCUT2D eigenvalue weighted by molar-refractivity contribution is 5.77. The molecule has 1 amide bonds. The Morgan fingerprint density at radius 2 is 2.05 bits per heavy atom. The summed E-state index contributed by atoms with van der Waals surface area (Å²) in [6.07, 6.45) is 1.67. The maximum atomic E-state index is 11.8. The zero-order valence-electron chi connectivity index (χ0n) is 13.1. The molecule has 22 heavy (non-hydrogen) atoms. The first-order valence-corrected chi connectivity index (χ1v) is 7.04. The maximum absolute atomic E-state index is 11.8. The fourth-order valence-electron chi connectivity index (χ4n) is 1.89. The van der Waals surface area contributed by atoms with Crippen LogP contribution in [0.3, 0.4) is 0 Å². The lowest BCUT2D eigenvalue weighted by molar-refractivity contribution is -0.123. The van der Waals surface area contributed by atoms with Crippen LogP contribution >= 0.6 is 0 Å². The second-order valence-corrected chi connectivity index (χ2v) is 5.04. The van der Waals surface area contributed by atoms with Gasteiger partial charge in [0.25, 0.3) is 5.91 Å². The van der Waals surface area contributed by atoms with Crippen molar-refractivity contribution < 1.29 is 14.3 Å². The number of nitrogens with zero attached hydrogens (tertiary/aromatic N) is 1. The SMILES string of the molecule is COc1ccc(CNC(=O)COc2cc(C)ccc2C)cn1. The summed E-state index contributed by atoms with van der Waals surface area (Å²) in [5.41, 5.74) is 3.02. The first kappa shape index (κ1) is 15.8. The maximum Gasteiger partial charge on any atom is 0.258 e. The Morgan fingerprint density at radius 3 is 2.73 bits per heavy atom. The lowest BCUT2D eigenvalue weighted by atomic mass is 10.1. The lowest BCUT2D eigenvalue weighted by Crippen LogP contribution is -2.28. The van der Waals surface area contributed by atoms with Crippen LogP contribution in [0.4, 0.5) is 0 Å². The number of hydrogen-bond donors (Lipinski definition) is 1. The monoisotopic (exact) mass is 300 g/mol. The third kappa shape index (κ3) is 4.48. The Labute approximate surface area is 130 Å². The van der Waals surface area contributed by atoms with Gasteiger partial charge in [0.2, 0.25) is 5.88 Å². The minimum atomic E-state index is -0.170. The van der Waals surface area contributed by atoms with E-state index in [0.717, 1.165) is 22.4 Å². The number of aryl methyl sites for hydroxylation is 2. The van der Waals surface area contributed by atoms with Gasteiger partial charge in [-0.15, -0.1) is 0 Å². The minimum absolute atomic E-state index is 0.00607. The van der Waals surface area contributed by atoms with E-state index in [1.165, 1.54) is 0 Å². The van der Waals surface area contributed by atoms with Crippen LogP contribution in [0.1, 0.15) is 16.7 Å². The largest absolute Gasteiger partial charge is 0.483 e. The number of pyridine rings is 1. The smallest absolute Gasteiger partial charge is 0.258 e. The Kier molecular flexibility index (Phi) is 5.36. The Morgan fingerprint density at radius 1 is 1.23 bits per heavy atom. The molecule has 0 spiro atoms. The fourth-order valence-corrected chi connectivity index (χ4v) is 1.89. The van der Waals surface area contributed by atoms with Crippen molar-refractivity contribution in [2.75, 3.05) is 13.7 Å². The molecule has 5 heteroatoms. The second kappa shape index (κ2) is 7.45. The molecule has 0 saturated heterocycles. The molecule has 0 radical (unpaired) electrons. The lowest BCUT2D eigenvalue weighted by Gasteiger charge is -2.10. The molecular formula is C17H20N2O3. The molecular weight excluding hydrogens is 280 g/mol. The molecule has 0 aliphatic carbocycles. The van der Waals surface area contributed by atoms with Gasteiger partial charge in [-0.1, -0.05) is 18.2 Å². The molecule has 0 fully saturated rings. The van der Waals surface area contributed by atoms with Crippen molar-refractivity contribution in [1.82, 2.24) is 10.3 Å². The standard InChI is InChI=1S/C17H20N2O3/c1-12-4-5-13(2)15(8-12)22-11-16(20)18-9-14-6-7-17(21-3)19-10-14/h4-8,10H,9,11H2,1-3H3,(H,18,20). The van der Waals surface area contributed by atoms with E-state index in [2.05, 4.69) is 10.3 Å². The van der Waals surface area contributed by atoms with Crippen molar-refractivity contribution in [2.45, 2.75) is 20.4 Å². The molecule has 2 rings (SSSR count). The van der Waals surface area contributed by atoms with Crippen molar-refractivity contribution in [1.29, 1.82) is 0 Å². The molecule has 1 N–H and O–H groups in total. The van der Waals surface area contributed by atoms with Crippen LogP contribution in [0, 0.1) is 13.8 Å². The average molecular weight is 300 g/mol. The van der Waals surface area contributed by atoms with E-state index in [4.69, 9.17) is 9.47 Å². The molecule has 1 aromatic heterocycles. The number of nitrogens with one attached hydrogen (secondary N) is 1. The molecule has 1 aromatic carbocycles. The van der Waals surface area contributed by atoms with Crippen molar-refractivity contribution >= 4 is 5.91 Å². The Bertz CT molecular complexity index is 639. The van der Waals surface area contributed by atoms with Gasteiger partial charge < -0.3 is 14.8 Å². The number of methoxy groups -OCH3 is 1. The van der Waals surface area contributed by atoms with Crippen LogP contribution in [0.25, 0.3) is 0 Å². The van der Waals surface area contributed by atoms with Crippen molar-refractivity contribution in [3.8, 4) is 11.6 Å². The molecule has 0 aliphatic rings. The Balaban J connectivity index is 1.81. The summed E-state index contributed by atoms with van der Waals surface area (Å²) in [6.45, 7) is 4.35. The van der Waals surface area contributed by atoms with Crippen LogP contribution in [0.5, 0.6) is 11.6 Å². The van der Waals surface area contributed by atoms with Gasteiger partial charge in [-0.05, 0) is 36.6 Å². The normalized spacial score (nSPS) is 10.1. The van der Waals surface area contributed by atoms with Crippen molar-refractivity contribution in [3.05, 3.63) is 53.2 Å². The zero-order valence-corrected chi connectivity index (χ0v) is 13.1. The van der Waals surface area contributed by atoms with E-state index in [-0.39, 0.29) is 12.5 Å². The van der Waals surface area contributed by atoms with Gasteiger partial charge in [-0.3, -0.25) is 4.79 Å². The van der Waals surface area contributed by atoms with Gasteiger partial charge in [0.05, 0.1) is 7.11 Å². The summed E-state index contributed by atoms with van der Waals surface area (Å²) < 4.78 is 10.5. The molecule has 2 aromatic rings. The topological polar surface area (TPSA) is 60.5 Å². The summed E-state index contributed by atoms with van der Waals surface area (Å²) in [4.78, 5) is 15.9. The molecule has 1 heterocycles.